The molecule has 0 aliphatic rings. The Balaban J connectivity index is 2.76. The predicted molar refractivity (Wildman–Crippen MR) is 67.9 cm³/mol. The van der Waals surface area contributed by atoms with E-state index in [9.17, 15) is 8.42 Å². The lowest BCUT2D eigenvalue weighted by atomic mass is 10.2. The third-order valence-corrected chi connectivity index (χ3v) is 3.46. The number of nitrogens with zero attached hydrogens (tertiary/aromatic N) is 2. The van der Waals surface area contributed by atoms with Crippen molar-refractivity contribution in [2.75, 3.05) is 30.5 Å². The molecule has 1 heterocycles. The SMILES string of the molecule is Cc1nc(N(C)CCS(C)(=O)=O)ccc1CO. The number of hydrogen-bond donors (Lipinski definition) is 1. The molecule has 1 aromatic rings. The Labute approximate surface area is 102 Å². The standard InChI is InChI=1S/C11H18N2O3S/c1-9-10(8-14)4-5-11(12-9)13(2)6-7-17(3,15)16/h4-5,14H,6-8H2,1-3H3. The van der Waals surface area contributed by atoms with Gasteiger partial charge in [0.25, 0.3) is 0 Å². The lowest BCUT2D eigenvalue weighted by Crippen LogP contribution is -2.25. The summed E-state index contributed by atoms with van der Waals surface area (Å²) in [6, 6.07) is 3.58. The van der Waals surface area contributed by atoms with Crippen LogP contribution in [-0.4, -0.2) is 44.1 Å². The van der Waals surface area contributed by atoms with Crippen molar-refractivity contribution in [2.24, 2.45) is 0 Å². The molecule has 0 aliphatic heterocycles. The minimum absolute atomic E-state index is 0.0355. The van der Waals surface area contributed by atoms with Crippen LogP contribution in [0.15, 0.2) is 12.1 Å². The van der Waals surface area contributed by atoms with Gasteiger partial charge in [0.15, 0.2) is 0 Å². The zero-order valence-electron chi connectivity index (χ0n) is 10.3. The molecule has 0 aromatic carbocycles. The van der Waals surface area contributed by atoms with E-state index in [0.717, 1.165) is 11.3 Å². The molecule has 1 rings (SSSR count). The molecule has 0 atom stereocenters. The first-order valence-corrected chi connectivity index (χ1v) is 7.36. The van der Waals surface area contributed by atoms with Crippen LogP contribution in [0.4, 0.5) is 5.82 Å². The average Bonchev–Trinajstić information content (AvgIpc) is 2.24. The fraction of sp³-hybridized carbons (Fsp3) is 0.545. The molecule has 0 bridgehead atoms. The summed E-state index contributed by atoms with van der Waals surface area (Å²) in [5.41, 5.74) is 1.54. The summed E-state index contributed by atoms with van der Waals surface area (Å²) >= 11 is 0. The van der Waals surface area contributed by atoms with E-state index in [-0.39, 0.29) is 12.4 Å². The van der Waals surface area contributed by atoms with Crippen LogP contribution in [0.2, 0.25) is 0 Å². The maximum absolute atomic E-state index is 11.1. The van der Waals surface area contributed by atoms with Crippen molar-refractivity contribution in [2.45, 2.75) is 13.5 Å². The zero-order valence-corrected chi connectivity index (χ0v) is 11.2. The summed E-state index contributed by atoms with van der Waals surface area (Å²) < 4.78 is 22.1. The average molecular weight is 258 g/mol. The van der Waals surface area contributed by atoms with Gasteiger partial charge in [0.05, 0.1) is 12.4 Å². The molecule has 0 fully saturated rings. The van der Waals surface area contributed by atoms with Gasteiger partial charge in [0, 0.05) is 25.5 Å². The van der Waals surface area contributed by atoms with Crippen molar-refractivity contribution in [1.29, 1.82) is 0 Å². The Morgan fingerprint density at radius 1 is 1.41 bits per heavy atom. The van der Waals surface area contributed by atoms with E-state index in [4.69, 9.17) is 5.11 Å². The van der Waals surface area contributed by atoms with Gasteiger partial charge in [0.2, 0.25) is 0 Å². The summed E-state index contributed by atoms with van der Waals surface area (Å²) in [6.07, 6.45) is 1.22. The van der Waals surface area contributed by atoms with E-state index in [1.54, 1.807) is 24.1 Å². The fourth-order valence-electron chi connectivity index (χ4n) is 1.37. The van der Waals surface area contributed by atoms with Gasteiger partial charge in [0.1, 0.15) is 15.7 Å². The normalized spacial score (nSPS) is 11.5. The smallest absolute Gasteiger partial charge is 0.149 e. The molecule has 0 saturated heterocycles. The number of pyridine rings is 1. The van der Waals surface area contributed by atoms with Gasteiger partial charge in [-0.15, -0.1) is 0 Å². The molecule has 17 heavy (non-hydrogen) atoms. The maximum atomic E-state index is 11.1. The minimum Gasteiger partial charge on any atom is -0.392 e. The fourth-order valence-corrected chi connectivity index (χ4v) is 1.98. The topological polar surface area (TPSA) is 70.5 Å². The Morgan fingerprint density at radius 2 is 2.06 bits per heavy atom. The molecule has 0 unspecified atom stereocenters. The number of aliphatic hydroxyl groups excluding tert-OH is 1. The van der Waals surface area contributed by atoms with Gasteiger partial charge < -0.3 is 10.0 Å². The Hall–Kier alpha value is -1.14. The number of anilines is 1. The summed E-state index contributed by atoms with van der Waals surface area (Å²) in [5, 5.41) is 9.03. The van der Waals surface area contributed by atoms with Crippen molar-refractivity contribution in [1.82, 2.24) is 4.98 Å². The monoisotopic (exact) mass is 258 g/mol. The van der Waals surface area contributed by atoms with Crippen LogP contribution in [-0.2, 0) is 16.4 Å². The molecule has 5 nitrogen and oxygen atoms in total. The first kappa shape index (κ1) is 13.9. The second kappa shape index (κ2) is 5.46. The number of rotatable bonds is 5. The number of hydrogen-bond acceptors (Lipinski definition) is 5. The van der Waals surface area contributed by atoms with Crippen LogP contribution < -0.4 is 4.90 Å². The van der Waals surface area contributed by atoms with Crippen molar-refractivity contribution in [3.63, 3.8) is 0 Å². The lowest BCUT2D eigenvalue weighted by Gasteiger charge is -2.18. The number of aryl methyl sites for hydroxylation is 1. The van der Waals surface area contributed by atoms with Gasteiger partial charge in [-0.05, 0) is 18.6 Å². The number of aromatic nitrogens is 1. The summed E-state index contributed by atoms with van der Waals surface area (Å²) in [5.74, 6) is 0.815. The molecular formula is C11H18N2O3S. The molecule has 0 saturated carbocycles. The Bertz CT molecular complexity index is 485. The third kappa shape index (κ3) is 4.32. The van der Waals surface area contributed by atoms with Gasteiger partial charge in [-0.25, -0.2) is 13.4 Å². The van der Waals surface area contributed by atoms with Gasteiger partial charge in [-0.1, -0.05) is 6.07 Å². The molecule has 1 N–H and O–H groups in total. The van der Waals surface area contributed by atoms with E-state index in [0.29, 0.717) is 12.4 Å². The Kier molecular flexibility index (Phi) is 4.47. The van der Waals surface area contributed by atoms with E-state index in [1.807, 2.05) is 6.92 Å². The maximum Gasteiger partial charge on any atom is 0.149 e. The zero-order chi connectivity index (χ0) is 13.1. The highest BCUT2D eigenvalue weighted by molar-refractivity contribution is 7.90. The van der Waals surface area contributed by atoms with Crippen molar-refractivity contribution in [3.05, 3.63) is 23.4 Å². The second-order valence-corrected chi connectivity index (χ2v) is 6.38. The molecule has 96 valence electrons. The summed E-state index contributed by atoms with van der Waals surface area (Å²) in [4.78, 5) is 6.10. The number of sulfone groups is 1. The predicted octanol–water partition coefficient (Wildman–Crippen LogP) is 0.363. The van der Waals surface area contributed by atoms with Crippen LogP contribution >= 0.6 is 0 Å². The van der Waals surface area contributed by atoms with Crippen LogP contribution in [0.1, 0.15) is 11.3 Å². The quantitative estimate of drug-likeness (QED) is 0.826. The Morgan fingerprint density at radius 3 is 2.53 bits per heavy atom. The van der Waals surface area contributed by atoms with Crippen LogP contribution in [0.5, 0.6) is 0 Å². The van der Waals surface area contributed by atoms with E-state index >= 15 is 0 Å². The third-order valence-electron chi connectivity index (χ3n) is 2.54. The first-order chi connectivity index (χ1) is 7.83. The van der Waals surface area contributed by atoms with Crippen LogP contribution in [0.25, 0.3) is 0 Å². The minimum atomic E-state index is -2.96. The van der Waals surface area contributed by atoms with Gasteiger partial charge >= 0.3 is 0 Å². The lowest BCUT2D eigenvalue weighted by molar-refractivity contribution is 0.280. The highest BCUT2D eigenvalue weighted by Gasteiger charge is 2.08. The molecule has 1 aromatic heterocycles. The van der Waals surface area contributed by atoms with Crippen molar-refractivity contribution < 1.29 is 13.5 Å². The second-order valence-electron chi connectivity index (χ2n) is 4.12. The largest absolute Gasteiger partial charge is 0.392 e. The van der Waals surface area contributed by atoms with Crippen molar-refractivity contribution in [3.8, 4) is 0 Å². The molecule has 6 heteroatoms. The van der Waals surface area contributed by atoms with E-state index in [1.165, 1.54) is 6.26 Å². The summed E-state index contributed by atoms with van der Waals surface area (Å²) in [6.45, 7) is 2.19. The van der Waals surface area contributed by atoms with E-state index < -0.39 is 9.84 Å². The van der Waals surface area contributed by atoms with Crippen molar-refractivity contribution >= 4 is 15.7 Å². The number of aliphatic hydroxyl groups is 1. The van der Waals surface area contributed by atoms with E-state index in [2.05, 4.69) is 4.98 Å². The molecular weight excluding hydrogens is 240 g/mol. The molecule has 0 spiro atoms. The molecule has 0 radical (unpaired) electrons. The highest BCUT2D eigenvalue weighted by atomic mass is 32.2. The molecule has 0 amide bonds. The summed E-state index contributed by atoms with van der Waals surface area (Å²) in [7, 11) is -1.16. The van der Waals surface area contributed by atoms with Crippen LogP contribution in [0.3, 0.4) is 0 Å². The van der Waals surface area contributed by atoms with Gasteiger partial charge in [-0.2, -0.15) is 0 Å². The molecule has 0 aliphatic carbocycles. The van der Waals surface area contributed by atoms with Gasteiger partial charge in [-0.3, -0.25) is 0 Å². The highest BCUT2D eigenvalue weighted by Crippen LogP contribution is 2.13. The first-order valence-electron chi connectivity index (χ1n) is 5.29. The van der Waals surface area contributed by atoms with Crippen LogP contribution in [0, 0.1) is 6.92 Å².